The number of aliphatic carboxylic acids is 1. The number of carboxylic acid groups (broad SMARTS) is 1. The number of ether oxygens (including phenoxy) is 1. The van der Waals surface area contributed by atoms with Crippen LogP contribution in [0, 0.1) is 11.3 Å². The zero-order chi connectivity index (χ0) is 12.2. The van der Waals surface area contributed by atoms with Crippen molar-refractivity contribution in [1.82, 2.24) is 5.32 Å². The van der Waals surface area contributed by atoms with Crippen molar-refractivity contribution in [3.05, 3.63) is 0 Å². The van der Waals surface area contributed by atoms with Crippen molar-refractivity contribution in [3.8, 4) is 0 Å². The lowest BCUT2D eigenvalue weighted by Gasteiger charge is -2.22. The van der Waals surface area contributed by atoms with E-state index < -0.39 is 12.0 Å². The zero-order valence-corrected chi connectivity index (χ0v) is 10.5. The molecule has 1 rings (SSSR count). The SMILES string of the molecule is COCCC1(CNC(C(=O)O)C(C)C)CC1. The van der Waals surface area contributed by atoms with Crippen molar-refractivity contribution in [2.45, 2.75) is 39.2 Å². The zero-order valence-electron chi connectivity index (χ0n) is 10.5. The Labute approximate surface area is 97.4 Å². The smallest absolute Gasteiger partial charge is 0.320 e. The minimum absolute atomic E-state index is 0.121. The topological polar surface area (TPSA) is 58.6 Å². The number of carboxylic acids is 1. The van der Waals surface area contributed by atoms with Crippen LogP contribution in [0.5, 0.6) is 0 Å². The van der Waals surface area contributed by atoms with Crippen LogP contribution in [0.15, 0.2) is 0 Å². The fourth-order valence-corrected chi connectivity index (χ4v) is 1.95. The minimum atomic E-state index is -0.752. The predicted octanol–water partition coefficient (Wildman–Crippen LogP) is 1.50. The summed E-state index contributed by atoms with van der Waals surface area (Å²) in [5.41, 5.74) is 0.304. The standard InChI is InChI=1S/C12H23NO3/c1-9(2)10(11(14)15)13-8-12(4-5-12)6-7-16-3/h9-10,13H,4-8H2,1-3H3,(H,14,15). The first-order chi connectivity index (χ1) is 7.51. The van der Waals surface area contributed by atoms with E-state index in [0.717, 1.165) is 19.6 Å². The molecule has 0 heterocycles. The van der Waals surface area contributed by atoms with Crippen LogP contribution in [0.2, 0.25) is 0 Å². The van der Waals surface area contributed by atoms with Crippen molar-refractivity contribution < 1.29 is 14.6 Å². The highest BCUT2D eigenvalue weighted by Gasteiger charge is 2.42. The Kier molecular flexibility index (Phi) is 4.74. The molecule has 94 valence electrons. The average molecular weight is 229 g/mol. The van der Waals surface area contributed by atoms with Crippen LogP contribution in [0.25, 0.3) is 0 Å². The highest BCUT2D eigenvalue weighted by Crippen LogP contribution is 2.48. The van der Waals surface area contributed by atoms with Gasteiger partial charge in [-0.1, -0.05) is 13.8 Å². The summed E-state index contributed by atoms with van der Waals surface area (Å²) in [6.07, 6.45) is 3.41. The molecule has 0 aromatic carbocycles. The first-order valence-electron chi connectivity index (χ1n) is 5.96. The molecule has 1 aliphatic rings. The van der Waals surface area contributed by atoms with Gasteiger partial charge < -0.3 is 15.2 Å². The van der Waals surface area contributed by atoms with Gasteiger partial charge in [-0.3, -0.25) is 4.79 Å². The third-order valence-electron chi connectivity index (χ3n) is 3.42. The first kappa shape index (κ1) is 13.5. The largest absolute Gasteiger partial charge is 0.480 e. The van der Waals surface area contributed by atoms with Crippen molar-refractivity contribution >= 4 is 5.97 Å². The van der Waals surface area contributed by atoms with Crippen molar-refractivity contribution in [2.24, 2.45) is 11.3 Å². The Bertz CT molecular complexity index is 236. The maximum atomic E-state index is 11.0. The van der Waals surface area contributed by atoms with Crippen LogP contribution >= 0.6 is 0 Å². The number of methoxy groups -OCH3 is 1. The summed E-state index contributed by atoms with van der Waals surface area (Å²) in [7, 11) is 1.71. The van der Waals surface area contributed by atoms with Gasteiger partial charge in [-0.05, 0) is 30.6 Å². The second-order valence-electron chi connectivity index (χ2n) is 5.18. The molecule has 4 nitrogen and oxygen atoms in total. The molecule has 4 heteroatoms. The van der Waals surface area contributed by atoms with Gasteiger partial charge in [-0.25, -0.2) is 0 Å². The molecule has 0 spiro atoms. The molecule has 0 aromatic heterocycles. The van der Waals surface area contributed by atoms with Gasteiger partial charge in [-0.15, -0.1) is 0 Å². The maximum absolute atomic E-state index is 11.0. The van der Waals surface area contributed by atoms with Crippen LogP contribution in [0.1, 0.15) is 33.1 Å². The lowest BCUT2D eigenvalue weighted by atomic mass is 10.00. The third kappa shape index (κ3) is 3.76. The molecule has 0 amide bonds. The highest BCUT2D eigenvalue weighted by molar-refractivity contribution is 5.73. The van der Waals surface area contributed by atoms with Gasteiger partial charge in [0.15, 0.2) is 0 Å². The molecule has 1 fully saturated rings. The van der Waals surface area contributed by atoms with Gasteiger partial charge in [0, 0.05) is 20.3 Å². The lowest BCUT2D eigenvalue weighted by molar-refractivity contribution is -0.140. The summed E-state index contributed by atoms with van der Waals surface area (Å²) >= 11 is 0. The van der Waals surface area contributed by atoms with Crippen LogP contribution in [0.4, 0.5) is 0 Å². The van der Waals surface area contributed by atoms with Gasteiger partial charge >= 0.3 is 5.97 Å². The lowest BCUT2D eigenvalue weighted by Crippen LogP contribution is -2.43. The predicted molar refractivity (Wildman–Crippen MR) is 62.4 cm³/mol. The number of nitrogens with one attached hydrogen (secondary N) is 1. The number of hydrogen-bond acceptors (Lipinski definition) is 3. The molecule has 1 saturated carbocycles. The number of hydrogen-bond donors (Lipinski definition) is 2. The summed E-state index contributed by atoms with van der Waals surface area (Å²) in [5, 5.41) is 12.2. The molecule has 0 radical (unpaired) electrons. The summed E-state index contributed by atoms with van der Waals surface area (Å²) in [6.45, 7) is 5.42. The second-order valence-corrected chi connectivity index (χ2v) is 5.18. The van der Waals surface area contributed by atoms with Gasteiger partial charge in [-0.2, -0.15) is 0 Å². The van der Waals surface area contributed by atoms with E-state index in [2.05, 4.69) is 5.32 Å². The van der Waals surface area contributed by atoms with Gasteiger partial charge in [0.2, 0.25) is 0 Å². The molecule has 16 heavy (non-hydrogen) atoms. The van der Waals surface area contributed by atoms with Gasteiger partial charge in [0.1, 0.15) is 6.04 Å². The number of rotatable bonds is 8. The van der Waals surface area contributed by atoms with Crippen LogP contribution in [-0.2, 0) is 9.53 Å². The molecule has 1 aliphatic carbocycles. The van der Waals surface area contributed by atoms with E-state index in [9.17, 15) is 4.79 Å². The van der Waals surface area contributed by atoms with Gasteiger partial charge in [0.25, 0.3) is 0 Å². The summed E-state index contributed by atoms with van der Waals surface area (Å²) in [6, 6.07) is -0.431. The molecule has 1 unspecified atom stereocenters. The third-order valence-corrected chi connectivity index (χ3v) is 3.42. The van der Waals surface area contributed by atoms with E-state index in [4.69, 9.17) is 9.84 Å². The van der Waals surface area contributed by atoms with E-state index in [1.807, 2.05) is 13.8 Å². The van der Waals surface area contributed by atoms with Gasteiger partial charge in [0.05, 0.1) is 0 Å². The quantitative estimate of drug-likeness (QED) is 0.662. The van der Waals surface area contributed by atoms with E-state index in [0.29, 0.717) is 5.41 Å². The fourth-order valence-electron chi connectivity index (χ4n) is 1.95. The summed E-state index contributed by atoms with van der Waals surface area (Å²) < 4.78 is 5.08. The molecular weight excluding hydrogens is 206 g/mol. The Morgan fingerprint density at radius 3 is 2.50 bits per heavy atom. The average Bonchev–Trinajstić information content (AvgIpc) is 2.95. The molecule has 0 aromatic rings. The van der Waals surface area contributed by atoms with E-state index in [1.165, 1.54) is 12.8 Å². The fraction of sp³-hybridized carbons (Fsp3) is 0.917. The maximum Gasteiger partial charge on any atom is 0.320 e. The molecule has 1 atom stereocenters. The first-order valence-corrected chi connectivity index (χ1v) is 5.96. The monoisotopic (exact) mass is 229 g/mol. The van der Waals surface area contributed by atoms with Crippen molar-refractivity contribution in [1.29, 1.82) is 0 Å². The van der Waals surface area contributed by atoms with Crippen LogP contribution in [0.3, 0.4) is 0 Å². The van der Waals surface area contributed by atoms with E-state index in [1.54, 1.807) is 7.11 Å². The summed E-state index contributed by atoms with van der Waals surface area (Å²) in [4.78, 5) is 11.0. The van der Waals surface area contributed by atoms with Crippen molar-refractivity contribution in [2.75, 3.05) is 20.3 Å². The number of carbonyl (C=O) groups is 1. The van der Waals surface area contributed by atoms with E-state index in [-0.39, 0.29) is 5.92 Å². The Morgan fingerprint density at radius 1 is 1.50 bits per heavy atom. The normalized spacial score (nSPS) is 19.8. The van der Waals surface area contributed by atoms with E-state index >= 15 is 0 Å². The van der Waals surface area contributed by atoms with Crippen molar-refractivity contribution in [3.63, 3.8) is 0 Å². The molecule has 0 saturated heterocycles. The highest BCUT2D eigenvalue weighted by atomic mass is 16.5. The molecular formula is C12H23NO3. The van der Waals surface area contributed by atoms with Crippen LogP contribution < -0.4 is 5.32 Å². The van der Waals surface area contributed by atoms with Crippen LogP contribution in [-0.4, -0.2) is 37.4 Å². The molecule has 2 N–H and O–H groups in total. The Morgan fingerprint density at radius 2 is 2.12 bits per heavy atom. The Hall–Kier alpha value is -0.610. The second kappa shape index (κ2) is 5.64. The molecule has 0 bridgehead atoms. The Balaban J connectivity index is 2.34. The minimum Gasteiger partial charge on any atom is -0.480 e. The summed E-state index contributed by atoms with van der Waals surface area (Å²) in [5.74, 6) is -0.631. The molecule has 0 aliphatic heterocycles.